The highest BCUT2D eigenvalue weighted by Crippen LogP contribution is 2.30. The van der Waals surface area contributed by atoms with Crippen molar-refractivity contribution >= 4 is 11.6 Å². The largest absolute Gasteiger partial charge is 0.497 e. The summed E-state index contributed by atoms with van der Waals surface area (Å²) in [7, 11) is 3.68. The van der Waals surface area contributed by atoms with E-state index in [1.807, 2.05) is 43.4 Å². The Bertz CT molecular complexity index is 748. The van der Waals surface area contributed by atoms with E-state index in [2.05, 4.69) is 29.3 Å². The zero-order valence-corrected chi connectivity index (χ0v) is 15.6. The molecule has 2 atom stereocenters. The van der Waals surface area contributed by atoms with Gasteiger partial charge in [-0.05, 0) is 49.2 Å². The molecule has 1 heterocycles. The van der Waals surface area contributed by atoms with Crippen LogP contribution in [-0.2, 0) is 11.2 Å². The molecule has 2 unspecified atom stereocenters. The molecule has 1 amide bonds. The number of anilines is 1. The van der Waals surface area contributed by atoms with Gasteiger partial charge in [-0.3, -0.25) is 4.79 Å². The third-order valence-corrected chi connectivity index (χ3v) is 4.94. The lowest BCUT2D eigenvalue weighted by Gasteiger charge is -2.29. The monoisotopic (exact) mass is 354 g/mol. The van der Waals surface area contributed by atoms with Gasteiger partial charge in [0.25, 0.3) is 0 Å². The lowest BCUT2D eigenvalue weighted by Crippen LogP contribution is -2.44. The predicted molar refractivity (Wildman–Crippen MR) is 103 cm³/mol. The van der Waals surface area contributed by atoms with Gasteiger partial charge in [0, 0.05) is 25.3 Å². The Morgan fingerprint density at radius 2 is 2.08 bits per heavy atom. The summed E-state index contributed by atoms with van der Waals surface area (Å²) in [6.07, 6.45) is 0.668. The molecule has 3 rings (SSSR count). The van der Waals surface area contributed by atoms with Gasteiger partial charge in [0.2, 0.25) is 5.91 Å². The molecule has 1 aliphatic rings. The van der Waals surface area contributed by atoms with Crippen LogP contribution in [0.15, 0.2) is 48.5 Å². The third-order valence-electron chi connectivity index (χ3n) is 4.94. The van der Waals surface area contributed by atoms with Crippen molar-refractivity contribution in [3.05, 3.63) is 54.1 Å². The first-order chi connectivity index (χ1) is 12.6. The van der Waals surface area contributed by atoms with Gasteiger partial charge >= 0.3 is 0 Å². The third kappa shape index (κ3) is 4.10. The second-order valence-corrected chi connectivity index (χ2v) is 6.73. The summed E-state index contributed by atoms with van der Waals surface area (Å²) >= 11 is 0. The van der Waals surface area contributed by atoms with Crippen LogP contribution in [-0.4, -0.2) is 39.3 Å². The summed E-state index contributed by atoms with van der Waals surface area (Å²) in [5.74, 6) is 1.48. The van der Waals surface area contributed by atoms with Crippen molar-refractivity contribution in [1.82, 2.24) is 5.32 Å². The highest BCUT2D eigenvalue weighted by atomic mass is 16.5. The molecule has 0 fully saturated rings. The van der Waals surface area contributed by atoms with Gasteiger partial charge in [0.05, 0.1) is 13.0 Å². The van der Waals surface area contributed by atoms with Crippen molar-refractivity contribution in [2.45, 2.75) is 19.4 Å². The standard InChI is InChI=1S/C21H26N2O3/c1-15(23(2)18-7-5-4-6-8-18)13-22-21(24)17-11-16-12-19(25-3)9-10-20(16)26-14-17/h4-10,12,15,17H,11,13-14H2,1-3H3,(H,22,24). The number of methoxy groups -OCH3 is 1. The van der Waals surface area contributed by atoms with Crippen LogP contribution in [0.1, 0.15) is 12.5 Å². The van der Waals surface area contributed by atoms with E-state index in [4.69, 9.17) is 9.47 Å². The molecular formula is C21H26N2O3. The minimum atomic E-state index is -0.177. The van der Waals surface area contributed by atoms with Gasteiger partial charge in [-0.1, -0.05) is 18.2 Å². The fourth-order valence-electron chi connectivity index (χ4n) is 3.11. The Morgan fingerprint density at radius 1 is 1.31 bits per heavy atom. The molecule has 0 aromatic heterocycles. The van der Waals surface area contributed by atoms with Crippen LogP contribution >= 0.6 is 0 Å². The second kappa shape index (κ2) is 8.13. The lowest BCUT2D eigenvalue weighted by molar-refractivity contribution is -0.126. The molecule has 0 radical (unpaired) electrons. The molecule has 1 aliphatic heterocycles. The molecule has 26 heavy (non-hydrogen) atoms. The van der Waals surface area contributed by atoms with E-state index in [9.17, 15) is 4.79 Å². The van der Waals surface area contributed by atoms with Gasteiger partial charge in [-0.2, -0.15) is 0 Å². The summed E-state index contributed by atoms with van der Waals surface area (Å²) in [5.41, 5.74) is 2.15. The number of nitrogens with one attached hydrogen (secondary N) is 1. The van der Waals surface area contributed by atoms with Gasteiger partial charge in [0.1, 0.15) is 18.1 Å². The fraction of sp³-hybridized carbons (Fsp3) is 0.381. The zero-order valence-electron chi connectivity index (χ0n) is 15.6. The number of amides is 1. The van der Waals surface area contributed by atoms with E-state index in [0.717, 1.165) is 22.7 Å². The number of carbonyl (C=O) groups is 1. The summed E-state index contributed by atoms with van der Waals surface area (Å²) in [5, 5.41) is 3.07. The molecule has 0 saturated heterocycles. The first-order valence-electron chi connectivity index (χ1n) is 8.93. The molecule has 5 nitrogen and oxygen atoms in total. The maximum absolute atomic E-state index is 12.6. The number of hydrogen-bond donors (Lipinski definition) is 1. The van der Waals surface area contributed by atoms with Crippen molar-refractivity contribution < 1.29 is 14.3 Å². The van der Waals surface area contributed by atoms with Crippen LogP contribution in [0, 0.1) is 5.92 Å². The predicted octanol–water partition coefficient (Wildman–Crippen LogP) is 2.89. The Labute approximate surface area is 154 Å². The van der Waals surface area contributed by atoms with Crippen LogP contribution in [0.3, 0.4) is 0 Å². The molecule has 5 heteroatoms. The maximum atomic E-state index is 12.6. The van der Waals surface area contributed by atoms with Crippen molar-refractivity contribution in [1.29, 1.82) is 0 Å². The topological polar surface area (TPSA) is 50.8 Å². The van der Waals surface area contributed by atoms with Crippen molar-refractivity contribution in [2.24, 2.45) is 5.92 Å². The summed E-state index contributed by atoms with van der Waals surface area (Å²) in [6.45, 7) is 3.10. The maximum Gasteiger partial charge on any atom is 0.226 e. The van der Waals surface area contributed by atoms with E-state index in [0.29, 0.717) is 19.6 Å². The van der Waals surface area contributed by atoms with Crippen LogP contribution < -0.4 is 19.7 Å². The molecule has 2 aromatic carbocycles. The van der Waals surface area contributed by atoms with E-state index in [1.165, 1.54) is 0 Å². The number of fused-ring (bicyclic) bond motifs is 1. The van der Waals surface area contributed by atoms with Gasteiger partial charge in [0.15, 0.2) is 0 Å². The van der Waals surface area contributed by atoms with E-state index < -0.39 is 0 Å². The lowest BCUT2D eigenvalue weighted by atomic mass is 9.95. The SMILES string of the molecule is COc1ccc2c(c1)CC(C(=O)NCC(C)N(C)c1ccccc1)CO2. The Hall–Kier alpha value is -2.69. The number of nitrogens with zero attached hydrogens (tertiary/aromatic N) is 1. The van der Waals surface area contributed by atoms with Crippen molar-refractivity contribution in [3.8, 4) is 11.5 Å². The summed E-state index contributed by atoms with van der Waals surface area (Å²) in [4.78, 5) is 14.7. The number of rotatable bonds is 6. The molecule has 2 aromatic rings. The van der Waals surface area contributed by atoms with Gasteiger partial charge in [-0.25, -0.2) is 0 Å². The van der Waals surface area contributed by atoms with Crippen LogP contribution in [0.5, 0.6) is 11.5 Å². The van der Waals surface area contributed by atoms with E-state index in [-0.39, 0.29) is 17.9 Å². The number of ether oxygens (including phenoxy) is 2. The number of likely N-dealkylation sites (N-methyl/N-ethyl adjacent to an activating group) is 1. The second-order valence-electron chi connectivity index (χ2n) is 6.73. The normalized spacial score (nSPS) is 16.8. The smallest absolute Gasteiger partial charge is 0.226 e. The minimum Gasteiger partial charge on any atom is -0.497 e. The van der Waals surface area contributed by atoms with E-state index >= 15 is 0 Å². The van der Waals surface area contributed by atoms with Crippen LogP contribution in [0.4, 0.5) is 5.69 Å². The van der Waals surface area contributed by atoms with Crippen molar-refractivity contribution in [2.75, 3.05) is 32.2 Å². The first kappa shape index (κ1) is 18.1. The number of hydrogen-bond acceptors (Lipinski definition) is 4. The molecule has 0 aliphatic carbocycles. The summed E-state index contributed by atoms with van der Waals surface area (Å²) in [6, 6.07) is 16.1. The molecule has 0 spiro atoms. The number of benzene rings is 2. The zero-order chi connectivity index (χ0) is 18.5. The average Bonchev–Trinajstić information content (AvgIpc) is 2.70. The number of para-hydroxylation sites is 1. The molecule has 0 saturated carbocycles. The molecular weight excluding hydrogens is 328 g/mol. The molecule has 1 N–H and O–H groups in total. The highest BCUT2D eigenvalue weighted by molar-refractivity contribution is 5.79. The molecule has 0 bridgehead atoms. The molecule has 138 valence electrons. The van der Waals surface area contributed by atoms with Gasteiger partial charge in [-0.15, -0.1) is 0 Å². The highest BCUT2D eigenvalue weighted by Gasteiger charge is 2.26. The summed E-state index contributed by atoms with van der Waals surface area (Å²) < 4.78 is 11.0. The Balaban J connectivity index is 1.55. The van der Waals surface area contributed by atoms with Gasteiger partial charge < -0.3 is 19.7 Å². The Morgan fingerprint density at radius 3 is 2.81 bits per heavy atom. The fourth-order valence-corrected chi connectivity index (χ4v) is 3.11. The Kier molecular flexibility index (Phi) is 5.66. The first-order valence-corrected chi connectivity index (χ1v) is 8.93. The van der Waals surface area contributed by atoms with E-state index in [1.54, 1.807) is 7.11 Å². The quantitative estimate of drug-likeness (QED) is 0.867. The van der Waals surface area contributed by atoms with Crippen LogP contribution in [0.25, 0.3) is 0 Å². The van der Waals surface area contributed by atoms with Crippen molar-refractivity contribution in [3.63, 3.8) is 0 Å². The minimum absolute atomic E-state index is 0.0341. The average molecular weight is 354 g/mol. The number of carbonyl (C=O) groups excluding carboxylic acids is 1. The van der Waals surface area contributed by atoms with Crippen LogP contribution in [0.2, 0.25) is 0 Å².